The van der Waals surface area contributed by atoms with E-state index in [-0.39, 0.29) is 5.91 Å². The molecule has 1 fully saturated rings. The summed E-state index contributed by atoms with van der Waals surface area (Å²) in [6.45, 7) is 6.01. The zero-order chi connectivity index (χ0) is 19.9. The SMILES string of the molecule is CCNC(=O)[C@@H](C)NC(=O)COC(=O)CN1C(=O)NC(CC)(CC)C1=O. The molecule has 26 heavy (non-hydrogen) atoms. The van der Waals surface area contributed by atoms with Crippen molar-refractivity contribution in [2.24, 2.45) is 0 Å². The van der Waals surface area contributed by atoms with Gasteiger partial charge in [-0.2, -0.15) is 0 Å². The second kappa shape index (κ2) is 9.16. The van der Waals surface area contributed by atoms with Crippen molar-refractivity contribution in [2.75, 3.05) is 19.7 Å². The largest absolute Gasteiger partial charge is 0.454 e. The van der Waals surface area contributed by atoms with Crippen LogP contribution in [0.3, 0.4) is 0 Å². The number of rotatable bonds is 9. The third-order valence-corrected chi connectivity index (χ3v) is 4.23. The molecule has 1 aliphatic heterocycles. The molecule has 1 saturated heterocycles. The Kier molecular flexibility index (Phi) is 7.54. The number of urea groups is 1. The van der Waals surface area contributed by atoms with E-state index in [1.807, 2.05) is 0 Å². The first-order valence-corrected chi connectivity index (χ1v) is 8.57. The van der Waals surface area contributed by atoms with Crippen LogP contribution in [-0.2, 0) is 23.9 Å². The van der Waals surface area contributed by atoms with Gasteiger partial charge < -0.3 is 20.7 Å². The molecule has 0 spiro atoms. The van der Waals surface area contributed by atoms with E-state index in [0.29, 0.717) is 19.4 Å². The van der Waals surface area contributed by atoms with Crippen LogP contribution in [0.1, 0.15) is 40.5 Å². The summed E-state index contributed by atoms with van der Waals surface area (Å²) in [6.07, 6.45) is 0.805. The number of nitrogens with zero attached hydrogens (tertiary/aromatic N) is 1. The van der Waals surface area contributed by atoms with E-state index in [4.69, 9.17) is 4.74 Å². The number of ether oxygens (including phenoxy) is 1. The highest BCUT2D eigenvalue weighted by molar-refractivity contribution is 6.08. The molecular weight excluding hydrogens is 344 g/mol. The van der Waals surface area contributed by atoms with Gasteiger partial charge >= 0.3 is 12.0 Å². The molecule has 0 bridgehead atoms. The van der Waals surface area contributed by atoms with Gasteiger partial charge in [0.2, 0.25) is 5.91 Å². The average Bonchev–Trinajstić information content (AvgIpc) is 2.84. The Balaban J connectivity index is 2.50. The quantitative estimate of drug-likeness (QED) is 0.362. The van der Waals surface area contributed by atoms with E-state index in [1.165, 1.54) is 6.92 Å². The summed E-state index contributed by atoms with van der Waals surface area (Å²) in [5, 5.41) is 7.51. The first-order chi connectivity index (χ1) is 12.2. The minimum atomic E-state index is -1.00. The predicted octanol–water partition coefficient (Wildman–Crippen LogP) is -0.719. The van der Waals surface area contributed by atoms with Gasteiger partial charge in [0.15, 0.2) is 6.61 Å². The van der Waals surface area contributed by atoms with Crippen LogP contribution in [0.15, 0.2) is 0 Å². The Morgan fingerprint density at radius 3 is 2.31 bits per heavy atom. The lowest BCUT2D eigenvalue weighted by Crippen LogP contribution is -2.47. The Hall–Kier alpha value is -2.65. The van der Waals surface area contributed by atoms with E-state index in [0.717, 1.165) is 4.90 Å². The monoisotopic (exact) mass is 370 g/mol. The fraction of sp³-hybridized carbons (Fsp3) is 0.688. The number of likely N-dealkylation sites (N-methyl/N-ethyl adjacent to an activating group) is 1. The van der Waals surface area contributed by atoms with E-state index in [1.54, 1.807) is 20.8 Å². The van der Waals surface area contributed by atoms with Gasteiger partial charge in [0.05, 0.1) is 0 Å². The molecule has 0 aliphatic carbocycles. The standard InChI is InChI=1S/C16H26N4O6/c1-5-16(6-2)14(24)20(15(25)19-16)8-12(22)26-9-11(21)18-10(4)13(23)17-7-3/h10H,5-9H2,1-4H3,(H,17,23)(H,18,21)(H,19,25)/t10-/m1/s1. The van der Waals surface area contributed by atoms with Gasteiger partial charge in [0.25, 0.3) is 11.8 Å². The second-order valence-corrected chi connectivity index (χ2v) is 5.96. The van der Waals surface area contributed by atoms with Crippen LogP contribution in [0.25, 0.3) is 0 Å². The van der Waals surface area contributed by atoms with E-state index in [9.17, 15) is 24.0 Å². The molecule has 0 aromatic heterocycles. The molecule has 1 rings (SSSR count). The van der Waals surface area contributed by atoms with Crippen molar-refractivity contribution in [3.05, 3.63) is 0 Å². The molecule has 0 unspecified atom stereocenters. The van der Waals surface area contributed by atoms with Crippen LogP contribution in [0.4, 0.5) is 4.79 Å². The molecule has 1 aliphatic rings. The molecule has 1 heterocycles. The number of carbonyl (C=O) groups is 5. The molecule has 0 aromatic rings. The van der Waals surface area contributed by atoms with Crippen molar-refractivity contribution < 1.29 is 28.7 Å². The van der Waals surface area contributed by atoms with Gasteiger partial charge in [-0.15, -0.1) is 0 Å². The molecule has 3 N–H and O–H groups in total. The maximum atomic E-state index is 12.4. The summed E-state index contributed by atoms with van der Waals surface area (Å²) in [5.41, 5.74) is -1.00. The first-order valence-electron chi connectivity index (χ1n) is 8.57. The summed E-state index contributed by atoms with van der Waals surface area (Å²) < 4.78 is 4.78. The number of nitrogens with one attached hydrogen (secondary N) is 3. The van der Waals surface area contributed by atoms with Crippen molar-refractivity contribution in [1.82, 2.24) is 20.9 Å². The molecule has 10 heteroatoms. The minimum absolute atomic E-state index is 0.359. The van der Waals surface area contributed by atoms with Gasteiger partial charge in [-0.25, -0.2) is 4.79 Å². The minimum Gasteiger partial charge on any atom is -0.454 e. The van der Waals surface area contributed by atoms with Gasteiger partial charge in [-0.3, -0.25) is 24.1 Å². The number of hydrogen-bond donors (Lipinski definition) is 3. The number of imide groups is 1. The zero-order valence-electron chi connectivity index (χ0n) is 15.5. The molecule has 0 radical (unpaired) electrons. The third-order valence-electron chi connectivity index (χ3n) is 4.23. The normalized spacial score (nSPS) is 16.7. The molecule has 10 nitrogen and oxygen atoms in total. The lowest BCUT2D eigenvalue weighted by Gasteiger charge is -2.22. The fourth-order valence-corrected chi connectivity index (χ4v) is 2.55. The smallest absolute Gasteiger partial charge is 0.326 e. The molecule has 1 atom stereocenters. The summed E-state index contributed by atoms with van der Waals surface area (Å²) in [7, 11) is 0. The Morgan fingerprint density at radius 2 is 1.81 bits per heavy atom. The lowest BCUT2D eigenvalue weighted by molar-refractivity contribution is -0.151. The topological polar surface area (TPSA) is 134 Å². The van der Waals surface area contributed by atoms with Crippen LogP contribution >= 0.6 is 0 Å². The first kappa shape index (κ1) is 21.4. The van der Waals surface area contributed by atoms with Crippen LogP contribution < -0.4 is 16.0 Å². The average molecular weight is 370 g/mol. The van der Waals surface area contributed by atoms with Crippen LogP contribution in [-0.4, -0.2) is 65.9 Å². The van der Waals surface area contributed by atoms with Gasteiger partial charge in [-0.1, -0.05) is 13.8 Å². The summed E-state index contributed by atoms with van der Waals surface area (Å²) in [4.78, 5) is 60.1. The summed E-state index contributed by atoms with van der Waals surface area (Å²) >= 11 is 0. The van der Waals surface area contributed by atoms with Crippen molar-refractivity contribution in [3.8, 4) is 0 Å². The number of amides is 5. The van der Waals surface area contributed by atoms with Crippen LogP contribution in [0.5, 0.6) is 0 Å². The van der Waals surface area contributed by atoms with Crippen molar-refractivity contribution in [3.63, 3.8) is 0 Å². The number of carbonyl (C=O) groups excluding carboxylic acids is 5. The van der Waals surface area contributed by atoms with Gasteiger partial charge in [-0.05, 0) is 26.7 Å². The summed E-state index contributed by atoms with van der Waals surface area (Å²) in [5.74, 6) is -2.40. The fourth-order valence-electron chi connectivity index (χ4n) is 2.55. The molecule has 0 saturated carbocycles. The third kappa shape index (κ3) is 4.93. The Bertz CT molecular complexity index is 587. The maximum absolute atomic E-state index is 12.4. The lowest BCUT2D eigenvalue weighted by atomic mass is 9.93. The maximum Gasteiger partial charge on any atom is 0.326 e. The molecular formula is C16H26N4O6. The molecule has 5 amide bonds. The summed E-state index contributed by atoms with van der Waals surface area (Å²) in [6, 6.07) is -1.44. The van der Waals surface area contributed by atoms with Crippen molar-refractivity contribution >= 4 is 29.7 Å². The van der Waals surface area contributed by atoms with Crippen LogP contribution in [0.2, 0.25) is 0 Å². The Labute approximate surface area is 152 Å². The highest BCUT2D eigenvalue weighted by atomic mass is 16.5. The van der Waals surface area contributed by atoms with Gasteiger partial charge in [0.1, 0.15) is 18.1 Å². The van der Waals surface area contributed by atoms with E-state index in [2.05, 4.69) is 16.0 Å². The van der Waals surface area contributed by atoms with E-state index >= 15 is 0 Å². The highest BCUT2D eigenvalue weighted by Gasteiger charge is 2.49. The van der Waals surface area contributed by atoms with Crippen molar-refractivity contribution in [1.29, 1.82) is 0 Å². The van der Waals surface area contributed by atoms with Crippen molar-refractivity contribution in [2.45, 2.75) is 52.1 Å². The second-order valence-electron chi connectivity index (χ2n) is 5.96. The zero-order valence-corrected chi connectivity index (χ0v) is 15.5. The highest BCUT2D eigenvalue weighted by Crippen LogP contribution is 2.24. The Morgan fingerprint density at radius 1 is 1.19 bits per heavy atom. The number of hydrogen-bond acceptors (Lipinski definition) is 6. The van der Waals surface area contributed by atoms with Crippen LogP contribution in [0, 0.1) is 0 Å². The molecule has 0 aromatic carbocycles. The molecule has 146 valence electrons. The van der Waals surface area contributed by atoms with Gasteiger partial charge in [0, 0.05) is 6.54 Å². The van der Waals surface area contributed by atoms with E-state index < -0.39 is 48.5 Å². The predicted molar refractivity (Wildman–Crippen MR) is 90.8 cm³/mol. The number of esters is 1.